The number of hydrogen-bond acceptors (Lipinski definition) is 7. The number of aromatic nitrogens is 1. The second kappa shape index (κ2) is 11.3. The maximum Gasteiger partial charge on any atom is 0.417 e. The quantitative estimate of drug-likeness (QED) is 0.543. The van der Waals surface area contributed by atoms with Gasteiger partial charge in [-0.15, -0.1) is 0 Å². The number of benzene rings is 1. The van der Waals surface area contributed by atoms with Gasteiger partial charge in [-0.1, -0.05) is 12.2 Å². The Bertz CT molecular complexity index is 1090. The first kappa shape index (κ1) is 26.0. The predicted molar refractivity (Wildman–Crippen MR) is 137 cm³/mol. The SMILES string of the molecule is N#Cc1ccc(NC2CCC(OCC(=S)N3CCN(c4ccc(N)cn4)CC3)CC2)cc1C(F)(F)F. The minimum atomic E-state index is -4.56. The molecule has 0 atom stereocenters. The maximum atomic E-state index is 13.2. The first-order chi connectivity index (χ1) is 17.2. The summed E-state index contributed by atoms with van der Waals surface area (Å²) in [5.74, 6) is 0.909. The summed E-state index contributed by atoms with van der Waals surface area (Å²) >= 11 is 5.61. The summed E-state index contributed by atoms with van der Waals surface area (Å²) in [5, 5.41) is 12.1. The number of nitrogens with one attached hydrogen (secondary N) is 1. The van der Waals surface area contributed by atoms with Gasteiger partial charge in [0.2, 0.25) is 0 Å². The number of ether oxygens (including phenoxy) is 1. The molecule has 1 saturated carbocycles. The van der Waals surface area contributed by atoms with E-state index >= 15 is 0 Å². The van der Waals surface area contributed by atoms with Gasteiger partial charge in [-0.2, -0.15) is 18.4 Å². The van der Waals surface area contributed by atoms with Crippen molar-refractivity contribution in [3.05, 3.63) is 47.7 Å². The Balaban J connectivity index is 1.19. The van der Waals surface area contributed by atoms with Gasteiger partial charge >= 0.3 is 6.18 Å². The Hall–Kier alpha value is -3.10. The first-order valence-electron chi connectivity index (χ1n) is 12.0. The summed E-state index contributed by atoms with van der Waals surface area (Å²) in [6, 6.07) is 9.20. The van der Waals surface area contributed by atoms with E-state index in [1.165, 1.54) is 12.1 Å². The molecule has 192 valence electrons. The molecule has 0 spiro atoms. The molecule has 1 saturated heterocycles. The second-order valence-corrected chi connectivity index (χ2v) is 9.59. The molecule has 0 unspecified atom stereocenters. The molecular formula is C25H29F3N6OS. The minimum absolute atomic E-state index is 0.0563. The lowest BCUT2D eigenvalue weighted by atomic mass is 9.92. The van der Waals surface area contributed by atoms with Crippen molar-refractivity contribution in [3.8, 4) is 6.07 Å². The van der Waals surface area contributed by atoms with E-state index in [2.05, 4.69) is 20.1 Å². The fourth-order valence-corrected chi connectivity index (χ4v) is 4.88. The lowest BCUT2D eigenvalue weighted by molar-refractivity contribution is -0.137. The zero-order chi connectivity index (χ0) is 25.7. The lowest BCUT2D eigenvalue weighted by Crippen LogP contribution is -2.49. The summed E-state index contributed by atoms with van der Waals surface area (Å²) in [4.78, 5) is 9.54. The predicted octanol–water partition coefficient (Wildman–Crippen LogP) is 4.44. The average Bonchev–Trinajstić information content (AvgIpc) is 2.88. The van der Waals surface area contributed by atoms with Crippen LogP contribution in [0.5, 0.6) is 0 Å². The zero-order valence-corrected chi connectivity index (χ0v) is 20.6. The van der Waals surface area contributed by atoms with Crippen molar-refractivity contribution in [1.82, 2.24) is 9.88 Å². The van der Waals surface area contributed by atoms with Crippen LogP contribution in [0, 0.1) is 11.3 Å². The molecule has 1 aromatic carbocycles. The third-order valence-corrected chi connectivity index (χ3v) is 7.04. The van der Waals surface area contributed by atoms with Crippen molar-refractivity contribution in [3.63, 3.8) is 0 Å². The molecular weight excluding hydrogens is 489 g/mol. The molecule has 3 N–H and O–H groups in total. The van der Waals surface area contributed by atoms with Crippen molar-refractivity contribution in [2.24, 2.45) is 0 Å². The summed E-state index contributed by atoms with van der Waals surface area (Å²) in [6.45, 7) is 3.63. The smallest absolute Gasteiger partial charge is 0.397 e. The number of piperazine rings is 1. The fraction of sp³-hybridized carbons (Fsp3) is 0.480. The largest absolute Gasteiger partial charge is 0.417 e. The van der Waals surface area contributed by atoms with Gasteiger partial charge in [-0.05, 0) is 56.0 Å². The second-order valence-electron chi connectivity index (χ2n) is 9.12. The third kappa shape index (κ3) is 6.56. The van der Waals surface area contributed by atoms with Crippen LogP contribution in [0.4, 0.5) is 30.4 Å². The summed E-state index contributed by atoms with van der Waals surface area (Å²) in [5.41, 5.74) is 5.45. The Kier molecular flexibility index (Phi) is 8.16. The molecule has 7 nitrogen and oxygen atoms in total. The summed E-state index contributed by atoms with van der Waals surface area (Å²) < 4.78 is 45.7. The molecule has 36 heavy (non-hydrogen) atoms. The van der Waals surface area contributed by atoms with Crippen molar-refractivity contribution in [2.45, 2.75) is 44.0 Å². The van der Waals surface area contributed by atoms with E-state index in [-0.39, 0.29) is 17.7 Å². The monoisotopic (exact) mass is 518 g/mol. The Labute approximate surface area is 214 Å². The molecule has 2 aromatic rings. The van der Waals surface area contributed by atoms with Crippen LogP contribution < -0.4 is 16.0 Å². The zero-order valence-electron chi connectivity index (χ0n) is 19.8. The van der Waals surface area contributed by atoms with Crippen molar-refractivity contribution >= 4 is 34.4 Å². The number of nitrogen functional groups attached to an aromatic ring is 1. The van der Waals surface area contributed by atoms with E-state index < -0.39 is 11.7 Å². The summed E-state index contributed by atoms with van der Waals surface area (Å²) in [7, 11) is 0. The van der Waals surface area contributed by atoms with Crippen LogP contribution in [0.1, 0.15) is 36.8 Å². The van der Waals surface area contributed by atoms with E-state index in [4.69, 9.17) is 28.0 Å². The molecule has 11 heteroatoms. The highest BCUT2D eigenvalue weighted by molar-refractivity contribution is 7.80. The number of alkyl halides is 3. The number of anilines is 3. The van der Waals surface area contributed by atoms with Gasteiger partial charge in [-0.25, -0.2) is 4.98 Å². The number of nitrogens with zero attached hydrogens (tertiary/aromatic N) is 4. The fourth-order valence-electron chi connectivity index (χ4n) is 4.63. The van der Waals surface area contributed by atoms with Crippen LogP contribution in [0.25, 0.3) is 0 Å². The standard InChI is InChI=1S/C25H29F3N6OS/c26-25(27,28)22-13-20(3-1-17(22)14-29)32-19-4-6-21(7-5-19)35-16-24(36)34-11-9-33(10-12-34)23-8-2-18(30)15-31-23/h1-3,8,13,15,19,21,32H,4-7,9-12,16,30H2. The van der Waals surface area contributed by atoms with Gasteiger partial charge in [0.05, 0.1) is 41.8 Å². The highest BCUT2D eigenvalue weighted by Gasteiger charge is 2.34. The molecule has 4 rings (SSSR count). The van der Waals surface area contributed by atoms with Crippen LogP contribution in [-0.2, 0) is 10.9 Å². The average molecular weight is 519 g/mol. The van der Waals surface area contributed by atoms with E-state index in [1.54, 1.807) is 12.3 Å². The highest BCUT2D eigenvalue weighted by atomic mass is 32.1. The highest BCUT2D eigenvalue weighted by Crippen LogP contribution is 2.34. The topological polar surface area (TPSA) is 90.4 Å². The van der Waals surface area contributed by atoms with Gasteiger partial charge in [0.1, 0.15) is 10.8 Å². The van der Waals surface area contributed by atoms with Crippen LogP contribution in [0.15, 0.2) is 36.5 Å². The normalized spacial score (nSPS) is 20.6. The van der Waals surface area contributed by atoms with E-state index in [0.29, 0.717) is 18.0 Å². The van der Waals surface area contributed by atoms with Crippen molar-refractivity contribution in [1.29, 1.82) is 5.26 Å². The van der Waals surface area contributed by atoms with Crippen molar-refractivity contribution < 1.29 is 17.9 Å². The van der Waals surface area contributed by atoms with Crippen molar-refractivity contribution in [2.75, 3.05) is 48.7 Å². The number of nitriles is 1. The van der Waals surface area contributed by atoms with Gasteiger partial charge in [0.25, 0.3) is 0 Å². The van der Waals surface area contributed by atoms with Crippen LogP contribution >= 0.6 is 12.2 Å². The molecule has 2 heterocycles. The van der Waals surface area contributed by atoms with E-state index in [9.17, 15) is 13.2 Å². The van der Waals surface area contributed by atoms with Crippen LogP contribution in [0.2, 0.25) is 0 Å². The molecule has 2 aliphatic rings. The molecule has 1 aliphatic heterocycles. The molecule has 1 aliphatic carbocycles. The molecule has 0 bridgehead atoms. The van der Waals surface area contributed by atoms with Gasteiger partial charge in [0, 0.05) is 37.9 Å². The minimum Gasteiger partial charge on any atom is -0.397 e. The lowest BCUT2D eigenvalue weighted by Gasteiger charge is -2.37. The molecule has 1 aromatic heterocycles. The van der Waals surface area contributed by atoms with E-state index in [1.807, 2.05) is 12.1 Å². The summed E-state index contributed by atoms with van der Waals surface area (Å²) in [6.07, 6.45) is 0.352. The maximum absolute atomic E-state index is 13.2. The van der Waals surface area contributed by atoms with Gasteiger partial charge in [0.15, 0.2) is 0 Å². The van der Waals surface area contributed by atoms with E-state index in [0.717, 1.165) is 68.7 Å². The molecule has 0 amide bonds. The number of thiocarbonyl (C=S) groups is 1. The van der Waals surface area contributed by atoms with Crippen LogP contribution in [0.3, 0.4) is 0 Å². The molecule has 2 fully saturated rings. The van der Waals surface area contributed by atoms with Crippen LogP contribution in [-0.4, -0.2) is 59.8 Å². The van der Waals surface area contributed by atoms with Gasteiger partial charge in [-0.3, -0.25) is 0 Å². The first-order valence-corrected chi connectivity index (χ1v) is 12.4. The van der Waals surface area contributed by atoms with Gasteiger partial charge < -0.3 is 25.6 Å². The number of pyridine rings is 1. The Morgan fingerprint density at radius 3 is 2.47 bits per heavy atom. The number of hydrogen-bond donors (Lipinski definition) is 2. The number of nitrogens with two attached hydrogens (primary N) is 1. The number of halogens is 3. The third-order valence-electron chi connectivity index (χ3n) is 6.66. The Morgan fingerprint density at radius 2 is 1.86 bits per heavy atom. The Morgan fingerprint density at radius 1 is 1.14 bits per heavy atom. The number of rotatable bonds is 6. The molecule has 0 radical (unpaired) electrons.